The van der Waals surface area contributed by atoms with Crippen LogP contribution in [-0.4, -0.2) is 51.2 Å². The van der Waals surface area contributed by atoms with Gasteiger partial charge in [-0.2, -0.15) is 13.2 Å². The van der Waals surface area contributed by atoms with Crippen molar-refractivity contribution in [2.75, 3.05) is 18.0 Å². The number of piperazine rings is 1. The Balaban J connectivity index is 2.17. The summed E-state index contributed by atoms with van der Waals surface area (Å²) >= 11 is 0. The van der Waals surface area contributed by atoms with Crippen LogP contribution in [0.25, 0.3) is 0 Å². The molecule has 2 heterocycles. The summed E-state index contributed by atoms with van der Waals surface area (Å²) in [5.74, 6) is 0.174. The van der Waals surface area contributed by atoms with E-state index in [2.05, 4.69) is 9.97 Å². The monoisotopic (exact) mass is 304 g/mol. The second kappa shape index (κ2) is 5.38. The van der Waals surface area contributed by atoms with Crippen molar-refractivity contribution in [3.05, 3.63) is 18.0 Å². The standard InChI is InChI=1S/C12H15F3N4O2/c1-7-6-19(11(20)21)8(2)5-18(7)10-16-3-9(4-17-10)12(13,14)15/h3-4,7-8H,5-6H2,1-2H3,(H,20,21)/t7?,8-/m1/s1. The quantitative estimate of drug-likeness (QED) is 0.860. The molecule has 1 fully saturated rings. The van der Waals surface area contributed by atoms with Crippen LogP contribution >= 0.6 is 0 Å². The molecule has 1 aromatic rings. The summed E-state index contributed by atoms with van der Waals surface area (Å²) in [5, 5.41) is 9.06. The van der Waals surface area contributed by atoms with Gasteiger partial charge in [0.05, 0.1) is 5.56 Å². The van der Waals surface area contributed by atoms with Crippen molar-refractivity contribution < 1.29 is 23.1 Å². The highest BCUT2D eigenvalue weighted by molar-refractivity contribution is 5.66. The molecule has 2 atom stereocenters. The summed E-state index contributed by atoms with van der Waals surface area (Å²) in [7, 11) is 0. The first kappa shape index (κ1) is 15.3. The Morgan fingerprint density at radius 1 is 1.24 bits per heavy atom. The minimum Gasteiger partial charge on any atom is -0.465 e. The van der Waals surface area contributed by atoms with Gasteiger partial charge in [0.1, 0.15) is 0 Å². The maximum absolute atomic E-state index is 12.5. The van der Waals surface area contributed by atoms with E-state index in [-0.39, 0.29) is 24.6 Å². The average Bonchev–Trinajstić information content (AvgIpc) is 2.40. The van der Waals surface area contributed by atoms with Gasteiger partial charge in [-0.15, -0.1) is 0 Å². The molecule has 1 aliphatic heterocycles. The van der Waals surface area contributed by atoms with E-state index >= 15 is 0 Å². The fourth-order valence-corrected chi connectivity index (χ4v) is 2.29. The lowest BCUT2D eigenvalue weighted by atomic mass is 10.1. The Labute approximate surface area is 119 Å². The number of hydrogen-bond acceptors (Lipinski definition) is 4. The molecule has 0 bridgehead atoms. The summed E-state index contributed by atoms with van der Waals surface area (Å²) in [6, 6.07) is -0.501. The van der Waals surface area contributed by atoms with Crippen LogP contribution in [0.15, 0.2) is 12.4 Å². The number of rotatable bonds is 1. The van der Waals surface area contributed by atoms with Gasteiger partial charge >= 0.3 is 12.3 Å². The van der Waals surface area contributed by atoms with Gasteiger partial charge in [0.15, 0.2) is 0 Å². The number of anilines is 1. The van der Waals surface area contributed by atoms with Gasteiger partial charge in [-0.3, -0.25) is 0 Å². The number of hydrogen-bond donors (Lipinski definition) is 1. The van der Waals surface area contributed by atoms with Gasteiger partial charge in [0.2, 0.25) is 5.95 Å². The lowest BCUT2D eigenvalue weighted by Crippen LogP contribution is -2.58. The molecule has 1 amide bonds. The zero-order chi connectivity index (χ0) is 15.8. The van der Waals surface area contributed by atoms with E-state index in [4.69, 9.17) is 5.11 Å². The Morgan fingerprint density at radius 2 is 1.81 bits per heavy atom. The van der Waals surface area contributed by atoms with Crippen molar-refractivity contribution in [2.24, 2.45) is 0 Å². The summed E-state index contributed by atoms with van der Waals surface area (Å²) < 4.78 is 37.4. The van der Waals surface area contributed by atoms with Crippen LogP contribution in [0.4, 0.5) is 23.9 Å². The molecule has 1 saturated heterocycles. The van der Waals surface area contributed by atoms with E-state index in [0.29, 0.717) is 6.54 Å². The van der Waals surface area contributed by atoms with E-state index in [9.17, 15) is 18.0 Å². The predicted molar refractivity (Wildman–Crippen MR) is 68.0 cm³/mol. The normalized spacial score (nSPS) is 23.3. The molecule has 0 radical (unpaired) electrons. The van der Waals surface area contributed by atoms with E-state index < -0.39 is 17.8 Å². The van der Waals surface area contributed by atoms with Gasteiger partial charge in [-0.05, 0) is 13.8 Å². The molecule has 2 rings (SSSR count). The molecule has 0 aliphatic carbocycles. The molecule has 6 nitrogen and oxygen atoms in total. The molecular weight excluding hydrogens is 289 g/mol. The van der Waals surface area contributed by atoms with Gasteiger partial charge < -0.3 is 14.9 Å². The lowest BCUT2D eigenvalue weighted by molar-refractivity contribution is -0.138. The zero-order valence-corrected chi connectivity index (χ0v) is 11.5. The summed E-state index contributed by atoms with van der Waals surface area (Å²) in [6.07, 6.45) is -4.01. The van der Waals surface area contributed by atoms with E-state index in [1.165, 1.54) is 4.90 Å². The average molecular weight is 304 g/mol. The fraction of sp³-hybridized carbons (Fsp3) is 0.583. The van der Waals surface area contributed by atoms with Crippen molar-refractivity contribution in [1.29, 1.82) is 0 Å². The van der Waals surface area contributed by atoms with Crippen LogP contribution < -0.4 is 4.90 Å². The van der Waals surface area contributed by atoms with Gasteiger partial charge in [-0.1, -0.05) is 0 Å². The number of amides is 1. The second-order valence-corrected chi connectivity index (χ2v) is 5.05. The molecule has 116 valence electrons. The van der Waals surface area contributed by atoms with Crippen molar-refractivity contribution in [3.8, 4) is 0 Å². The zero-order valence-electron chi connectivity index (χ0n) is 11.5. The van der Waals surface area contributed by atoms with Gasteiger partial charge in [0.25, 0.3) is 0 Å². The Morgan fingerprint density at radius 3 is 2.29 bits per heavy atom. The Hall–Kier alpha value is -2.06. The number of carboxylic acid groups (broad SMARTS) is 1. The molecule has 1 aromatic heterocycles. The predicted octanol–water partition coefficient (Wildman–Crippen LogP) is 2.07. The number of halogens is 3. The molecule has 0 aromatic carbocycles. The molecule has 21 heavy (non-hydrogen) atoms. The number of alkyl halides is 3. The van der Waals surface area contributed by atoms with Crippen LogP contribution in [0, 0.1) is 0 Å². The number of aromatic nitrogens is 2. The lowest BCUT2D eigenvalue weighted by Gasteiger charge is -2.42. The highest BCUT2D eigenvalue weighted by Gasteiger charge is 2.35. The maximum atomic E-state index is 12.5. The Bertz CT molecular complexity index is 520. The van der Waals surface area contributed by atoms with Crippen LogP contribution in [0.3, 0.4) is 0 Å². The van der Waals surface area contributed by atoms with Crippen LogP contribution in [0.2, 0.25) is 0 Å². The first-order chi connectivity index (χ1) is 9.70. The van der Waals surface area contributed by atoms with Crippen molar-refractivity contribution >= 4 is 12.0 Å². The highest BCUT2D eigenvalue weighted by atomic mass is 19.4. The van der Waals surface area contributed by atoms with Crippen LogP contribution in [0.1, 0.15) is 19.4 Å². The second-order valence-electron chi connectivity index (χ2n) is 5.05. The van der Waals surface area contributed by atoms with E-state index in [1.54, 1.807) is 18.7 Å². The fourth-order valence-electron chi connectivity index (χ4n) is 2.29. The molecule has 0 saturated carbocycles. The number of carbonyl (C=O) groups is 1. The largest absolute Gasteiger partial charge is 0.465 e. The van der Waals surface area contributed by atoms with Crippen molar-refractivity contribution in [3.63, 3.8) is 0 Å². The molecule has 1 unspecified atom stereocenters. The van der Waals surface area contributed by atoms with Crippen LogP contribution in [0.5, 0.6) is 0 Å². The van der Waals surface area contributed by atoms with E-state index in [0.717, 1.165) is 12.4 Å². The molecule has 0 spiro atoms. The highest BCUT2D eigenvalue weighted by Crippen LogP contribution is 2.29. The van der Waals surface area contributed by atoms with Crippen molar-refractivity contribution in [1.82, 2.24) is 14.9 Å². The maximum Gasteiger partial charge on any atom is 0.419 e. The smallest absolute Gasteiger partial charge is 0.419 e. The molecular formula is C12H15F3N4O2. The minimum atomic E-state index is -4.47. The van der Waals surface area contributed by atoms with Crippen LogP contribution in [-0.2, 0) is 6.18 Å². The first-order valence-corrected chi connectivity index (χ1v) is 6.35. The summed E-state index contributed by atoms with van der Waals surface area (Å²) in [6.45, 7) is 4.10. The molecule has 1 N–H and O–H groups in total. The third kappa shape index (κ3) is 3.17. The number of nitrogens with zero attached hydrogens (tertiary/aromatic N) is 4. The summed E-state index contributed by atoms with van der Waals surface area (Å²) in [4.78, 5) is 21.6. The third-order valence-electron chi connectivity index (χ3n) is 3.45. The van der Waals surface area contributed by atoms with Gasteiger partial charge in [0, 0.05) is 37.6 Å². The SMILES string of the molecule is CC1CN(C(=O)O)[C@H](C)CN1c1ncc(C(F)(F)F)cn1. The van der Waals surface area contributed by atoms with Crippen molar-refractivity contribution in [2.45, 2.75) is 32.1 Å². The summed E-state index contributed by atoms with van der Waals surface area (Å²) in [5.41, 5.74) is -0.906. The third-order valence-corrected chi connectivity index (χ3v) is 3.45. The Kier molecular flexibility index (Phi) is 3.93. The van der Waals surface area contributed by atoms with E-state index in [1.807, 2.05) is 0 Å². The minimum absolute atomic E-state index is 0.174. The topological polar surface area (TPSA) is 69.6 Å². The molecule has 1 aliphatic rings. The molecule has 9 heteroatoms. The first-order valence-electron chi connectivity index (χ1n) is 6.35. The van der Waals surface area contributed by atoms with Gasteiger partial charge in [-0.25, -0.2) is 14.8 Å².